The molecule has 3 aromatic rings. The fourth-order valence-electron chi connectivity index (χ4n) is 3.27. The van der Waals surface area contributed by atoms with Crippen LogP contribution in [-0.2, 0) is 21.2 Å². The summed E-state index contributed by atoms with van der Waals surface area (Å²) in [5.74, 6) is -0.790. The van der Waals surface area contributed by atoms with Gasteiger partial charge in [0.25, 0.3) is 10.0 Å². The number of carboxylic acid groups (broad SMARTS) is 1. The number of nitrogens with one attached hydrogen (secondary N) is 1. The van der Waals surface area contributed by atoms with Gasteiger partial charge < -0.3 is 20.1 Å². The molecule has 2 N–H and O–H groups in total. The molecule has 1 atom stereocenters. The van der Waals surface area contributed by atoms with Crippen molar-refractivity contribution in [3.05, 3.63) is 78.1 Å². The van der Waals surface area contributed by atoms with Gasteiger partial charge in [0.1, 0.15) is 11.8 Å². The third-order valence-corrected chi connectivity index (χ3v) is 7.17. The number of aromatic nitrogens is 1. The summed E-state index contributed by atoms with van der Waals surface area (Å²) in [4.78, 5) is 29.2. The number of anilines is 2. The highest BCUT2D eigenvalue weighted by molar-refractivity contribution is 7.92. The highest BCUT2D eigenvalue weighted by Gasteiger charge is 2.26. The van der Waals surface area contributed by atoms with Crippen molar-refractivity contribution in [3.8, 4) is 5.75 Å². The van der Waals surface area contributed by atoms with E-state index in [0.717, 1.165) is 9.87 Å². The number of nitrogens with zero attached hydrogens (tertiary/aromatic N) is 3. The Morgan fingerprint density at radius 1 is 1.03 bits per heavy atom. The van der Waals surface area contributed by atoms with Crippen LogP contribution in [0.3, 0.4) is 0 Å². The highest BCUT2D eigenvalue weighted by Crippen LogP contribution is 2.29. The number of hydrogen-bond donors (Lipinski definition) is 2. The molecule has 0 bridgehead atoms. The molecule has 11 heteroatoms. The van der Waals surface area contributed by atoms with Gasteiger partial charge in [-0.1, -0.05) is 29.8 Å². The first kappa shape index (κ1) is 26.5. The second-order valence-corrected chi connectivity index (χ2v) is 10.3. The van der Waals surface area contributed by atoms with E-state index in [1.54, 1.807) is 50.5 Å². The number of hydrogen-bond acceptors (Lipinski definition) is 7. The van der Waals surface area contributed by atoms with Crippen molar-refractivity contribution in [1.29, 1.82) is 0 Å². The van der Waals surface area contributed by atoms with Crippen molar-refractivity contribution in [2.24, 2.45) is 0 Å². The van der Waals surface area contributed by atoms with Gasteiger partial charge in [-0.25, -0.2) is 18.0 Å². The number of ether oxygens (including phenoxy) is 1. The maximum Gasteiger partial charge on any atom is 0.414 e. The average Bonchev–Trinajstić information content (AvgIpc) is 2.84. The zero-order chi connectivity index (χ0) is 26.5. The van der Waals surface area contributed by atoms with E-state index in [0.29, 0.717) is 17.0 Å². The normalized spacial score (nSPS) is 11.9. The summed E-state index contributed by atoms with van der Waals surface area (Å²) in [6, 6.07) is 13.4. The Labute approximate surface area is 210 Å². The van der Waals surface area contributed by atoms with Gasteiger partial charge in [0.2, 0.25) is 0 Å². The van der Waals surface area contributed by atoms with Gasteiger partial charge in [-0.15, -0.1) is 0 Å². The Kier molecular flexibility index (Phi) is 8.15. The minimum absolute atomic E-state index is 0.0907. The number of rotatable bonds is 9. The largest absolute Gasteiger partial charge is 0.480 e. The summed E-state index contributed by atoms with van der Waals surface area (Å²) in [6.07, 6.45) is 2.38. The molecule has 3 rings (SSSR count). The van der Waals surface area contributed by atoms with Gasteiger partial charge >= 0.3 is 12.1 Å². The minimum atomic E-state index is -3.91. The Morgan fingerprint density at radius 2 is 1.67 bits per heavy atom. The topological polar surface area (TPSA) is 129 Å². The number of sulfonamides is 1. The Hall–Kier alpha value is -4.12. The quantitative estimate of drug-likeness (QED) is 0.446. The molecule has 36 heavy (non-hydrogen) atoms. The van der Waals surface area contributed by atoms with E-state index in [9.17, 15) is 23.1 Å². The van der Waals surface area contributed by atoms with Crippen molar-refractivity contribution in [2.45, 2.75) is 24.3 Å². The molecule has 190 valence electrons. The number of carboxylic acids is 1. The van der Waals surface area contributed by atoms with Crippen LogP contribution in [0.25, 0.3) is 0 Å². The molecule has 0 radical (unpaired) electrons. The Balaban J connectivity index is 1.81. The van der Waals surface area contributed by atoms with Gasteiger partial charge in [-0.2, -0.15) is 0 Å². The van der Waals surface area contributed by atoms with Crippen LogP contribution in [-0.4, -0.2) is 62.7 Å². The molecule has 0 aliphatic carbocycles. The molecule has 0 fully saturated rings. The first-order chi connectivity index (χ1) is 17.0. The smallest absolute Gasteiger partial charge is 0.414 e. The number of pyridine rings is 1. The van der Waals surface area contributed by atoms with Crippen molar-refractivity contribution in [3.63, 3.8) is 0 Å². The first-order valence-electron chi connectivity index (χ1n) is 11.0. The minimum Gasteiger partial charge on any atom is -0.480 e. The number of aryl methyl sites for hydroxylation is 1. The summed E-state index contributed by atoms with van der Waals surface area (Å²) < 4.78 is 32.6. The van der Waals surface area contributed by atoms with Crippen LogP contribution in [0.15, 0.2) is 71.9 Å². The average molecular weight is 513 g/mol. The van der Waals surface area contributed by atoms with Gasteiger partial charge in [0.15, 0.2) is 0 Å². The van der Waals surface area contributed by atoms with E-state index in [4.69, 9.17) is 4.74 Å². The van der Waals surface area contributed by atoms with Crippen LogP contribution in [0.4, 0.5) is 16.2 Å². The monoisotopic (exact) mass is 512 g/mol. The fraction of sp³-hybridized carbons (Fsp3) is 0.240. The van der Waals surface area contributed by atoms with E-state index >= 15 is 0 Å². The number of benzene rings is 2. The predicted octanol–water partition coefficient (Wildman–Crippen LogP) is 3.38. The maximum absolute atomic E-state index is 13.2. The van der Waals surface area contributed by atoms with Crippen LogP contribution >= 0.6 is 0 Å². The van der Waals surface area contributed by atoms with Gasteiger partial charge in [0.05, 0.1) is 22.5 Å². The van der Waals surface area contributed by atoms with Crippen molar-refractivity contribution in [2.75, 3.05) is 30.8 Å². The van der Waals surface area contributed by atoms with E-state index < -0.39 is 28.1 Å². The number of carbonyl (C=O) groups excluding carboxylic acids is 1. The van der Waals surface area contributed by atoms with Crippen molar-refractivity contribution in [1.82, 2.24) is 9.88 Å². The molecular weight excluding hydrogens is 484 g/mol. The lowest BCUT2D eigenvalue weighted by Crippen LogP contribution is -2.33. The van der Waals surface area contributed by atoms with Crippen LogP contribution in [0, 0.1) is 6.92 Å². The van der Waals surface area contributed by atoms with Crippen LogP contribution < -0.4 is 14.4 Å². The molecule has 0 aliphatic rings. The van der Waals surface area contributed by atoms with Crippen LogP contribution in [0.2, 0.25) is 0 Å². The number of carbonyl (C=O) groups is 2. The van der Waals surface area contributed by atoms with Crippen LogP contribution in [0.1, 0.15) is 11.1 Å². The van der Waals surface area contributed by atoms with Gasteiger partial charge in [-0.05, 0) is 42.8 Å². The third-order valence-electron chi connectivity index (χ3n) is 5.38. The standard InChI is InChI=1S/C25H28N4O6S/c1-17-5-11-20(12-6-17)36(33,34)29(4)23-16-26-14-13-21(23)27-22(24(30)31)15-18-7-9-19(10-8-18)35-25(32)28(2)3/h5-14,16,22H,15H2,1-4H3,(H,26,27)(H,30,31)/t22-/m0/s1. The first-order valence-corrected chi connectivity index (χ1v) is 12.4. The summed E-state index contributed by atoms with van der Waals surface area (Å²) in [5.41, 5.74) is 2.10. The van der Waals surface area contributed by atoms with Crippen LogP contribution in [0.5, 0.6) is 5.75 Å². The molecule has 1 amide bonds. The van der Waals surface area contributed by atoms with E-state index in [-0.39, 0.29) is 17.0 Å². The van der Waals surface area contributed by atoms with E-state index in [1.807, 2.05) is 6.92 Å². The molecular formula is C25H28N4O6S. The molecule has 0 aliphatic heterocycles. The highest BCUT2D eigenvalue weighted by atomic mass is 32.2. The van der Waals surface area contributed by atoms with E-state index in [2.05, 4.69) is 10.3 Å². The zero-order valence-electron chi connectivity index (χ0n) is 20.4. The number of amides is 1. The summed E-state index contributed by atoms with van der Waals surface area (Å²) in [6.45, 7) is 1.86. The molecule has 0 saturated heterocycles. The zero-order valence-corrected chi connectivity index (χ0v) is 21.2. The van der Waals surface area contributed by atoms with Gasteiger partial charge in [-0.3, -0.25) is 9.29 Å². The molecule has 0 unspecified atom stereocenters. The fourth-order valence-corrected chi connectivity index (χ4v) is 4.47. The Bertz CT molecular complexity index is 1330. The van der Waals surface area contributed by atoms with E-state index in [1.165, 1.54) is 42.5 Å². The Morgan fingerprint density at radius 3 is 2.25 bits per heavy atom. The lowest BCUT2D eigenvalue weighted by Gasteiger charge is -2.24. The number of aliphatic carboxylic acids is 1. The van der Waals surface area contributed by atoms with Crippen molar-refractivity contribution >= 4 is 33.5 Å². The summed E-state index contributed by atoms with van der Waals surface area (Å²) in [7, 11) is 0.616. The molecule has 0 saturated carbocycles. The lowest BCUT2D eigenvalue weighted by molar-refractivity contribution is -0.137. The molecule has 10 nitrogen and oxygen atoms in total. The molecule has 1 heterocycles. The molecule has 1 aromatic heterocycles. The summed E-state index contributed by atoms with van der Waals surface area (Å²) >= 11 is 0. The second kappa shape index (κ2) is 11.1. The maximum atomic E-state index is 13.2. The predicted molar refractivity (Wildman–Crippen MR) is 136 cm³/mol. The lowest BCUT2D eigenvalue weighted by atomic mass is 10.1. The third kappa shape index (κ3) is 6.30. The SMILES string of the molecule is Cc1ccc(S(=O)(=O)N(C)c2cnccc2N[C@@H](Cc2ccc(OC(=O)N(C)C)cc2)C(=O)O)cc1. The van der Waals surface area contributed by atoms with Crippen molar-refractivity contribution < 1.29 is 27.9 Å². The second-order valence-electron chi connectivity index (χ2n) is 8.32. The summed E-state index contributed by atoms with van der Waals surface area (Å²) in [5, 5.41) is 12.8. The molecule has 2 aromatic carbocycles. The molecule has 0 spiro atoms. The van der Waals surface area contributed by atoms with Gasteiger partial charge in [0, 0.05) is 33.8 Å².